The third-order valence-corrected chi connectivity index (χ3v) is 4.53. The van der Waals surface area contributed by atoms with Crippen molar-refractivity contribution in [2.45, 2.75) is 25.8 Å². The predicted molar refractivity (Wildman–Crippen MR) is 88.5 cm³/mol. The summed E-state index contributed by atoms with van der Waals surface area (Å²) < 4.78 is 5.30. The Morgan fingerprint density at radius 3 is 3.17 bits per heavy atom. The first-order valence-corrected chi connectivity index (χ1v) is 8.40. The molecule has 1 atom stereocenters. The van der Waals surface area contributed by atoms with Crippen molar-refractivity contribution in [2.75, 3.05) is 33.3 Å². The van der Waals surface area contributed by atoms with Gasteiger partial charge in [-0.1, -0.05) is 6.07 Å². The number of pyridine rings is 1. The second kappa shape index (κ2) is 7.59. The van der Waals surface area contributed by atoms with Gasteiger partial charge in [-0.25, -0.2) is 0 Å². The molecule has 3 rings (SSSR count). The third kappa shape index (κ3) is 4.32. The molecule has 2 aliphatic rings. The van der Waals surface area contributed by atoms with E-state index in [0.717, 1.165) is 57.6 Å². The van der Waals surface area contributed by atoms with Crippen LogP contribution in [0.25, 0.3) is 0 Å². The summed E-state index contributed by atoms with van der Waals surface area (Å²) in [6, 6.07) is 4.07. The summed E-state index contributed by atoms with van der Waals surface area (Å²) >= 11 is 0. The predicted octanol–water partition coefficient (Wildman–Crippen LogP) is 2.06. The molecule has 0 unspecified atom stereocenters. The van der Waals surface area contributed by atoms with Gasteiger partial charge in [0.05, 0.1) is 18.4 Å². The zero-order valence-corrected chi connectivity index (χ0v) is 13.8. The van der Waals surface area contributed by atoms with Crippen LogP contribution in [0.2, 0.25) is 0 Å². The number of ether oxygens (including phenoxy) is 1. The van der Waals surface area contributed by atoms with Gasteiger partial charge in [-0.3, -0.25) is 9.78 Å². The minimum absolute atomic E-state index is 0.169. The molecule has 1 fully saturated rings. The molecule has 0 spiro atoms. The molecule has 0 saturated carbocycles. The van der Waals surface area contributed by atoms with Crippen molar-refractivity contribution in [1.29, 1.82) is 0 Å². The van der Waals surface area contributed by atoms with Crippen LogP contribution >= 0.6 is 0 Å². The van der Waals surface area contributed by atoms with Gasteiger partial charge in [-0.05, 0) is 43.9 Å². The Kier molecular flexibility index (Phi) is 5.28. The summed E-state index contributed by atoms with van der Waals surface area (Å²) in [5, 5.41) is 0. The second-order valence-electron chi connectivity index (χ2n) is 6.58. The molecule has 0 aliphatic carbocycles. The van der Waals surface area contributed by atoms with Crippen molar-refractivity contribution in [2.24, 2.45) is 5.92 Å². The summed E-state index contributed by atoms with van der Waals surface area (Å²) in [7, 11) is 2.13. The van der Waals surface area contributed by atoms with E-state index >= 15 is 0 Å². The highest BCUT2D eigenvalue weighted by Gasteiger charge is 2.29. The number of nitrogens with zero attached hydrogens (tertiary/aromatic N) is 3. The maximum Gasteiger partial charge on any atom is 0.252 e. The van der Waals surface area contributed by atoms with E-state index in [0.29, 0.717) is 5.92 Å². The van der Waals surface area contributed by atoms with Crippen LogP contribution in [0.5, 0.6) is 0 Å². The van der Waals surface area contributed by atoms with E-state index in [4.69, 9.17) is 4.74 Å². The molecule has 0 aromatic carbocycles. The lowest BCUT2D eigenvalue weighted by molar-refractivity contribution is -0.126. The van der Waals surface area contributed by atoms with E-state index in [1.165, 1.54) is 5.56 Å². The topological polar surface area (TPSA) is 45.7 Å². The quantitative estimate of drug-likeness (QED) is 0.834. The van der Waals surface area contributed by atoms with Gasteiger partial charge in [0.25, 0.3) is 5.91 Å². The van der Waals surface area contributed by atoms with Crippen LogP contribution in [-0.4, -0.2) is 54.0 Å². The number of hydrogen-bond donors (Lipinski definition) is 0. The molecule has 0 N–H and O–H groups in total. The number of aromatic nitrogens is 1. The highest BCUT2D eigenvalue weighted by Crippen LogP contribution is 2.22. The summed E-state index contributed by atoms with van der Waals surface area (Å²) in [4.78, 5) is 20.9. The Morgan fingerprint density at radius 2 is 2.43 bits per heavy atom. The maximum absolute atomic E-state index is 12.5. The van der Waals surface area contributed by atoms with Crippen LogP contribution in [0.4, 0.5) is 0 Å². The van der Waals surface area contributed by atoms with Crippen LogP contribution in [0.1, 0.15) is 24.8 Å². The fourth-order valence-electron chi connectivity index (χ4n) is 3.40. The average molecular weight is 315 g/mol. The number of carbonyl (C=O) groups excluding carboxylic acids is 1. The molecular formula is C18H25N3O2. The van der Waals surface area contributed by atoms with Crippen LogP contribution in [0.3, 0.4) is 0 Å². The van der Waals surface area contributed by atoms with E-state index in [1.807, 2.05) is 17.2 Å². The van der Waals surface area contributed by atoms with E-state index in [-0.39, 0.29) is 5.91 Å². The first-order valence-electron chi connectivity index (χ1n) is 8.40. The molecule has 3 heterocycles. The zero-order chi connectivity index (χ0) is 16.1. The van der Waals surface area contributed by atoms with E-state index in [1.54, 1.807) is 12.5 Å². The van der Waals surface area contributed by atoms with Crippen LogP contribution in [0.15, 0.2) is 36.4 Å². The monoisotopic (exact) mass is 315 g/mol. The van der Waals surface area contributed by atoms with Crippen molar-refractivity contribution >= 4 is 5.91 Å². The van der Waals surface area contributed by atoms with Crippen LogP contribution in [-0.2, 0) is 16.1 Å². The number of hydrogen-bond acceptors (Lipinski definition) is 4. The minimum atomic E-state index is 0.169. The SMILES string of the molecule is CN(Cc1cccnc1)C[C@@H]1CCN(C(=O)C2=COCCC2)C1. The minimum Gasteiger partial charge on any atom is -0.501 e. The number of amides is 1. The Hall–Kier alpha value is -1.88. The second-order valence-corrected chi connectivity index (χ2v) is 6.58. The summed E-state index contributed by atoms with van der Waals surface area (Å²) in [6.07, 6.45) is 8.25. The molecule has 2 aliphatic heterocycles. The molecule has 1 aromatic heterocycles. The highest BCUT2D eigenvalue weighted by molar-refractivity contribution is 5.93. The number of rotatable bonds is 5. The molecule has 0 bridgehead atoms. The van der Waals surface area contributed by atoms with Gasteiger partial charge in [-0.2, -0.15) is 0 Å². The lowest BCUT2D eigenvalue weighted by Gasteiger charge is -2.23. The lowest BCUT2D eigenvalue weighted by Crippen LogP contribution is -2.33. The molecule has 5 heteroatoms. The molecule has 1 aromatic rings. The molecule has 5 nitrogen and oxygen atoms in total. The van der Waals surface area contributed by atoms with Gasteiger partial charge in [0.1, 0.15) is 0 Å². The summed E-state index contributed by atoms with van der Waals surface area (Å²) in [6.45, 7) is 4.36. The Labute approximate surface area is 137 Å². The molecule has 1 saturated heterocycles. The summed E-state index contributed by atoms with van der Waals surface area (Å²) in [5.74, 6) is 0.716. The highest BCUT2D eigenvalue weighted by atomic mass is 16.5. The standard InChI is InChI=1S/C18H25N3O2/c1-20(11-15-4-2-7-19-10-15)12-16-6-8-21(13-16)18(22)17-5-3-9-23-14-17/h2,4,7,10,14,16H,3,5-6,8-9,11-13H2,1H3/t16-/m0/s1. The Morgan fingerprint density at radius 1 is 1.52 bits per heavy atom. The molecule has 23 heavy (non-hydrogen) atoms. The maximum atomic E-state index is 12.5. The lowest BCUT2D eigenvalue weighted by atomic mass is 10.1. The normalized spacial score (nSPS) is 21.2. The van der Waals surface area contributed by atoms with Gasteiger partial charge in [0, 0.05) is 38.6 Å². The van der Waals surface area contributed by atoms with Gasteiger partial charge in [0.2, 0.25) is 0 Å². The molecule has 1 amide bonds. The van der Waals surface area contributed by atoms with Crippen molar-refractivity contribution < 1.29 is 9.53 Å². The van der Waals surface area contributed by atoms with Gasteiger partial charge in [0.15, 0.2) is 0 Å². The van der Waals surface area contributed by atoms with Gasteiger partial charge < -0.3 is 14.5 Å². The van der Waals surface area contributed by atoms with Crippen molar-refractivity contribution in [3.8, 4) is 0 Å². The fourth-order valence-corrected chi connectivity index (χ4v) is 3.40. The van der Waals surface area contributed by atoms with Crippen molar-refractivity contribution in [3.05, 3.63) is 41.9 Å². The molecule has 0 radical (unpaired) electrons. The van der Waals surface area contributed by atoms with E-state index < -0.39 is 0 Å². The van der Waals surface area contributed by atoms with Crippen LogP contribution in [0, 0.1) is 5.92 Å². The Bertz CT molecular complexity index is 559. The van der Waals surface area contributed by atoms with Crippen LogP contribution < -0.4 is 0 Å². The largest absolute Gasteiger partial charge is 0.501 e. The number of likely N-dealkylation sites (tertiary alicyclic amines) is 1. The molecule has 124 valence electrons. The fraction of sp³-hybridized carbons (Fsp3) is 0.556. The molecular weight excluding hydrogens is 290 g/mol. The smallest absolute Gasteiger partial charge is 0.252 e. The average Bonchev–Trinajstić information content (AvgIpc) is 3.04. The van der Waals surface area contributed by atoms with Gasteiger partial charge >= 0.3 is 0 Å². The van der Waals surface area contributed by atoms with Gasteiger partial charge in [-0.15, -0.1) is 0 Å². The van der Waals surface area contributed by atoms with Crippen molar-refractivity contribution in [1.82, 2.24) is 14.8 Å². The number of carbonyl (C=O) groups is 1. The van der Waals surface area contributed by atoms with E-state index in [9.17, 15) is 4.79 Å². The third-order valence-electron chi connectivity index (χ3n) is 4.53. The first-order chi connectivity index (χ1) is 11.2. The Balaban J connectivity index is 1.47. The van der Waals surface area contributed by atoms with Crippen molar-refractivity contribution in [3.63, 3.8) is 0 Å². The first kappa shape index (κ1) is 16.0. The summed E-state index contributed by atoms with van der Waals surface area (Å²) in [5.41, 5.74) is 2.06. The zero-order valence-electron chi connectivity index (χ0n) is 13.8. The van der Waals surface area contributed by atoms with E-state index in [2.05, 4.69) is 23.0 Å².